The van der Waals surface area contributed by atoms with E-state index in [1.807, 2.05) is 0 Å². The van der Waals surface area contributed by atoms with Gasteiger partial charge in [0.05, 0.1) is 19.9 Å². The average Bonchev–Trinajstić information content (AvgIpc) is 2.44. The van der Waals surface area contributed by atoms with Gasteiger partial charge in [-0.1, -0.05) is 43.2 Å². The summed E-state index contributed by atoms with van der Waals surface area (Å²) in [4.78, 5) is 8.88. The van der Waals surface area contributed by atoms with E-state index in [1.54, 1.807) is 14.2 Å². The summed E-state index contributed by atoms with van der Waals surface area (Å²) in [6, 6.07) is 6.91. The molecule has 0 unspecified atom stereocenters. The summed E-state index contributed by atoms with van der Waals surface area (Å²) >= 11 is 0. The van der Waals surface area contributed by atoms with Crippen LogP contribution < -0.4 is 9.47 Å². The van der Waals surface area contributed by atoms with E-state index in [9.17, 15) is 0 Å². The highest BCUT2D eigenvalue weighted by Crippen LogP contribution is 2.30. The molecule has 2 aromatic rings. The highest BCUT2D eigenvalue weighted by atomic mass is 16.5. The Morgan fingerprint density at radius 2 is 1.59 bits per heavy atom. The van der Waals surface area contributed by atoms with Gasteiger partial charge in [-0.05, 0) is 25.3 Å². The van der Waals surface area contributed by atoms with Crippen LogP contribution in [-0.4, -0.2) is 24.2 Å². The summed E-state index contributed by atoms with van der Waals surface area (Å²) in [7, 11) is 3.21. The third-order valence-electron chi connectivity index (χ3n) is 3.58. The lowest BCUT2D eigenvalue weighted by molar-refractivity contribution is 0.345. The quantitative estimate of drug-likeness (QED) is 0.842. The maximum atomic E-state index is 5.44. The van der Waals surface area contributed by atoms with Gasteiger partial charge in [0.25, 0.3) is 0 Å². The molecule has 0 saturated carbocycles. The van der Waals surface area contributed by atoms with E-state index in [0.717, 1.165) is 17.7 Å². The number of aromatic nitrogens is 2. The predicted octanol–water partition coefficient (Wildman–Crippen LogP) is 3.82. The first-order valence-electron chi connectivity index (χ1n) is 7.50. The zero-order chi connectivity index (χ0) is 16.3. The molecular formula is C18H24N2O2. The third-order valence-corrected chi connectivity index (χ3v) is 3.58. The summed E-state index contributed by atoms with van der Waals surface area (Å²) in [6.07, 6.45) is 0.741. The first-order chi connectivity index (χ1) is 10.4. The molecule has 4 heteroatoms. The molecule has 22 heavy (non-hydrogen) atoms. The number of nitrogens with zero attached hydrogens (tertiary/aromatic N) is 2. The second-order valence-electron chi connectivity index (χ2n) is 5.91. The van der Waals surface area contributed by atoms with E-state index in [0.29, 0.717) is 11.9 Å². The van der Waals surface area contributed by atoms with E-state index in [1.165, 1.54) is 16.7 Å². The fourth-order valence-electron chi connectivity index (χ4n) is 2.80. The van der Waals surface area contributed by atoms with Crippen molar-refractivity contribution in [2.24, 2.45) is 0 Å². The van der Waals surface area contributed by atoms with Gasteiger partial charge in [-0.25, -0.2) is 0 Å². The summed E-state index contributed by atoms with van der Waals surface area (Å²) in [5.41, 5.74) is 5.76. The molecule has 0 aliphatic heterocycles. The predicted molar refractivity (Wildman–Crippen MR) is 87.9 cm³/mol. The van der Waals surface area contributed by atoms with Crippen LogP contribution in [0.25, 0.3) is 0 Å². The highest BCUT2D eigenvalue weighted by molar-refractivity contribution is 5.39. The van der Waals surface area contributed by atoms with Gasteiger partial charge in [-0.15, -0.1) is 0 Å². The first kappa shape index (κ1) is 16.3. The molecule has 4 nitrogen and oxygen atoms in total. The molecular weight excluding hydrogens is 276 g/mol. The molecule has 0 fully saturated rings. The Hall–Kier alpha value is -2.10. The number of rotatable bonds is 5. The van der Waals surface area contributed by atoms with E-state index >= 15 is 0 Å². The molecule has 0 spiro atoms. The summed E-state index contributed by atoms with van der Waals surface area (Å²) in [5.74, 6) is 0.878. The van der Waals surface area contributed by atoms with Gasteiger partial charge in [-0.3, -0.25) is 0 Å². The van der Waals surface area contributed by atoms with Crippen LogP contribution >= 0.6 is 0 Å². The smallest absolute Gasteiger partial charge is 0.319 e. The molecule has 1 heterocycles. The summed E-state index contributed by atoms with van der Waals surface area (Å²) in [5, 5.41) is 0. The number of aryl methyl sites for hydroxylation is 2. The molecule has 2 rings (SSSR count). The van der Waals surface area contributed by atoms with Crippen molar-refractivity contribution < 1.29 is 9.47 Å². The average molecular weight is 300 g/mol. The monoisotopic (exact) mass is 300 g/mol. The zero-order valence-electron chi connectivity index (χ0n) is 14.2. The molecule has 0 aliphatic rings. The van der Waals surface area contributed by atoms with Crippen LogP contribution in [0, 0.1) is 13.8 Å². The Morgan fingerprint density at radius 3 is 2.09 bits per heavy atom. The van der Waals surface area contributed by atoms with Crippen LogP contribution in [0.4, 0.5) is 0 Å². The normalized spacial score (nSPS) is 10.9. The SMILES string of the molecule is COc1nc(Cc2cc(C)cc(C)c2)c(C(C)C)c(OC)n1. The molecule has 0 aliphatic carbocycles. The largest absolute Gasteiger partial charge is 0.481 e. The number of benzene rings is 1. The van der Waals surface area contributed by atoms with Crippen LogP contribution in [0.2, 0.25) is 0 Å². The van der Waals surface area contributed by atoms with Crippen LogP contribution in [0.5, 0.6) is 11.9 Å². The lowest BCUT2D eigenvalue weighted by atomic mass is 9.96. The van der Waals surface area contributed by atoms with Gasteiger partial charge < -0.3 is 9.47 Å². The molecule has 0 saturated heterocycles. The molecule has 1 aromatic carbocycles. The van der Waals surface area contributed by atoms with Gasteiger partial charge >= 0.3 is 6.01 Å². The second-order valence-corrected chi connectivity index (χ2v) is 5.91. The van der Waals surface area contributed by atoms with Crippen molar-refractivity contribution in [3.05, 3.63) is 46.1 Å². The maximum absolute atomic E-state index is 5.44. The van der Waals surface area contributed by atoms with E-state index in [4.69, 9.17) is 9.47 Å². The minimum absolute atomic E-state index is 0.279. The van der Waals surface area contributed by atoms with Crippen molar-refractivity contribution in [2.45, 2.75) is 40.0 Å². The molecule has 0 N–H and O–H groups in total. The number of methoxy groups -OCH3 is 2. The second kappa shape index (κ2) is 6.77. The Labute approximate surface area is 132 Å². The van der Waals surface area contributed by atoms with Crippen molar-refractivity contribution >= 4 is 0 Å². The molecule has 0 amide bonds. The fraction of sp³-hybridized carbons (Fsp3) is 0.444. The molecule has 118 valence electrons. The number of hydrogen-bond acceptors (Lipinski definition) is 4. The number of ether oxygens (including phenoxy) is 2. The Kier molecular flexibility index (Phi) is 5.01. The fourth-order valence-corrected chi connectivity index (χ4v) is 2.80. The zero-order valence-corrected chi connectivity index (χ0v) is 14.2. The summed E-state index contributed by atoms with van der Waals surface area (Å²) in [6.45, 7) is 8.47. The highest BCUT2D eigenvalue weighted by Gasteiger charge is 2.19. The standard InChI is InChI=1S/C18H24N2O2/c1-11(2)16-15(19-18(22-6)20-17(16)21-5)10-14-8-12(3)7-13(4)9-14/h7-9,11H,10H2,1-6H3. The maximum Gasteiger partial charge on any atom is 0.319 e. The third kappa shape index (κ3) is 3.56. The van der Waals surface area contributed by atoms with Gasteiger partial charge in [0.2, 0.25) is 5.88 Å². The van der Waals surface area contributed by atoms with E-state index in [-0.39, 0.29) is 5.92 Å². The van der Waals surface area contributed by atoms with Crippen LogP contribution in [-0.2, 0) is 6.42 Å². The van der Waals surface area contributed by atoms with Gasteiger partial charge in [0, 0.05) is 12.0 Å². The summed E-state index contributed by atoms with van der Waals surface area (Å²) < 4.78 is 10.7. The van der Waals surface area contributed by atoms with Crippen LogP contribution in [0.1, 0.15) is 47.7 Å². The minimum Gasteiger partial charge on any atom is -0.481 e. The molecule has 1 aromatic heterocycles. The lowest BCUT2D eigenvalue weighted by Crippen LogP contribution is -2.08. The molecule has 0 radical (unpaired) electrons. The van der Waals surface area contributed by atoms with Gasteiger partial charge in [-0.2, -0.15) is 9.97 Å². The lowest BCUT2D eigenvalue weighted by Gasteiger charge is -2.16. The van der Waals surface area contributed by atoms with Crippen molar-refractivity contribution in [3.63, 3.8) is 0 Å². The minimum atomic E-state index is 0.279. The van der Waals surface area contributed by atoms with Crippen LogP contribution in [0.3, 0.4) is 0 Å². The molecule has 0 atom stereocenters. The Bertz CT molecular complexity index is 646. The number of hydrogen-bond donors (Lipinski definition) is 0. The van der Waals surface area contributed by atoms with Gasteiger partial charge in [0.1, 0.15) is 0 Å². The first-order valence-corrected chi connectivity index (χ1v) is 7.50. The van der Waals surface area contributed by atoms with E-state index in [2.05, 4.69) is 55.9 Å². The van der Waals surface area contributed by atoms with Crippen molar-refractivity contribution in [3.8, 4) is 11.9 Å². The van der Waals surface area contributed by atoms with Crippen LogP contribution in [0.15, 0.2) is 18.2 Å². The van der Waals surface area contributed by atoms with E-state index < -0.39 is 0 Å². The Morgan fingerprint density at radius 1 is 0.955 bits per heavy atom. The van der Waals surface area contributed by atoms with Crippen molar-refractivity contribution in [1.82, 2.24) is 9.97 Å². The van der Waals surface area contributed by atoms with Gasteiger partial charge in [0.15, 0.2) is 0 Å². The van der Waals surface area contributed by atoms with Crippen molar-refractivity contribution in [2.75, 3.05) is 14.2 Å². The Balaban J connectivity index is 2.52. The molecule has 0 bridgehead atoms. The van der Waals surface area contributed by atoms with Crippen molar-refractivity contribution in [1.29, 1.82) is 0 Å². The topological polar surface area (TPSA) is 44.2 Å².